The van der Waals surface area contributed by atoms with Gasteiger partial charge < -0.3 is 20.5 Å². The Morgan fingerprint density at radius 1 is 1.11 bits per heavy atom. The third-order valence-corrected chi connectivity index (χ3v) is 7.16. The number of pyridine rings is 1. The van der Waals surface area contributed by atoms with E-state index in [1.807, 2.05) is 24.4 Å². The molecular weight excluding hydrogens is 481 g/mol. The number of ether oxygens (including phenoxy) is 1. The average molecular weight is 516 g/mol. The van der Waals surface area contributed by atoms with Crippen LogP contribution >= 0.6 is 0 Å². The van der Waals surface area contributed by atoms with Crippen molar-refractivity contribution in [2.75, 3.05) is 23.8 Å². The number of anilines is 2. The van der Waals surface area contributed by atoms with Gasteiger partial charge in [0, 0.05) is 36.0 Å². The van der Waals surface area contributed by atoms with Gasteiger partial charge in [-0.2, -0.15) is 0 Å². The summed E-state index contributed by atoms with van der Waals surface area (Å²) in [6.07, 6.45) is 3.06. The van der Waals surface area contributed by atoms with Crippen molar-refractivity contribution in [2.45, 2.75) is 58.7 Å². The van der Waals surface area contributed by atoms with Crippen LogP contribution in [-0.4, -0.2) is 45.4 Å². The van der Waals surface area contributed by atoms with E-state index >= 15 is 0 Å². The fourth-order valence-corrected chi connectivity index (χ4v) is 5.20. The molecule has 1 aliphatic rings. The maximum Gasteiger partial charge on any atom is 0.223 e. The number of rotatable bonds is 7. The first-order valence-electron chi connectivity index (χ1n) is 13.1. The zero-order valence-corrected chi connectivity index (χ0v) is 22.3. The number of aliphatic hydroxyl groups excluding tert-OH is 1. The van der Waals surface area contributed by atoms with E-state index in [2.05, 4.69) is 66.5 Å². The van der Waals surface area contributed by atoms with Crippen LogP contribution in [-0.2, 0) is 11.3 Å². The number of fused-ring (bicyclic) bond motifs is 1. The molecule has 0 aliphatic carbocycles. The lowest BCUT2D eigenvalue weighted by atomic mass is 9.92. The van der Waals surface area contributed by atoms with Crippen LogP contribution in [0, 0.1) is 19.7 Å². The molecule has 0 spiro atoms. The highest BCUT2D eigenvalue weighted by atomic mass is 19.1. The second-order valence-corrected chi connectivity index (χ2v) is 10.3. The lowest BCUT2D eigenvalue weighted by molar-refractivity contribution is -0.0136. The highest BCUT2D eigenvalue weighted by Gasteiger charge is 2.25. The summed E-state index contributed by atoms with van der Waals surface area (Å²) in [5.41, 5.74) is 7.52. The first-order valence-corrected chi connectivity index (χ1v) is 13.1. The van der Waals surface area contributed by atoms with Gasteiger partial charge in [0.05, 0.1) is 30.5 Å². The fourth-order valence-electron chi connectivity index (χ4n) is 5.20. The SMILES string of the molecule is Cc1cccc(C)c1NCc1cnc2ccc(-c3nc(N[C@@H]4CCOC[C@H]4O)ncc3F)cc2c1C(C)C. The van der Waals surface area contributed by atoms with Gasteiger partial charge in [0.2, 0.25) is 5.95 Å². The Morgan fingerprint density at radius 2 is 1.89 bits per heavy atom. The molecule has 5 rings (SSSR count). The van der Waals surface area contributed by atoms with Crippen molar-refractivity contribution in [3.63, 3.8) is 0 Å². The van der Waals surface area contributed by atoms with Gasteiger partial charge in [-0.15, -0.1) is 0 Å². The molecule has 0 bridgehead atoms. The first kappa shape index (κ1) is 26.0. The lowest BCUT2D eigenvalue weighted by Gasteiger charge is -2.28. The number of aliphatic hydroxyl groups is 1. The molecule has 1 saturated heterocycles. The second-order valence-electron chi connectivity index (χ2n) is 10.3. The summed E-state index contributed by atoms with van der Waals surface area (Å²) >= 11 is 0. The van der Waals surface area contributed by atoms with Gasteiger partial charge in [-0.3, -0.25) is 4.98 Å². The number of hydrogen-bond acceptors (Lipinski definition) is 7. The van der Waals surface area contributed by atoms with Crippen LogP contribution in [0.4, 0.5) is 16.0 Å². The van der Waals surface area contributed by atoms with Crippen LogP contribution in [0.5, 0.6) is 0 Å². The van der Waals surface area contributed by atoms with Crippen LogP contribution < -0.4 is 10.6 Å². The number of aryl methyl sites for hydroxylation is 2. The average Bonchev–Trinajstić information content (AvgIpc) is 2.90. The number of nitrogens with one attached hydrogen (secondary N) is 2. The Hall–Kier alpha value is -3.62. The van der Waals surface area contributed by atoms with Crippen molar-refractivity contribution >= 4 is 22.5 Å². The van der Waals surface area contributed by atoms with Crippen molar-refractivity contribution in [3.8, 4) is 11.3 Å². The smallest absolute Gasteiger partial charge is 0.223 e. The summed E-state index contributed by atoms with van der Waals surface area (Å²) in [5, 5.41) is 17.9. The fraction of sp³-hybridized carbons (Fsp3) is 0.367. The minimum Gasteiger partial charge on any atom is -0.389 e. The minimum absolute atomic E-state index is 0.208. The maximum absolute atomic E-state index is 15.0. The zero-order valence-electron chi connectivity index (χ0n) is 22.3. The molecule has 198 valence electrons. The quantitative estimate of drug-likeness (QED) is 0.289. The van der Waals surface area contributed by atoms with E-state index in [9.17, 15) is 9.50 Å². The number of aromatic nitrogens is 3. The topological polar surface area (TPSA) is 92.2 Å². The molecule has 2 atom stereocenters. The molecule has 0 amide bonds. The van der Waals surface area contributed by atoms with Gasteiger partial charge in [0.1, 0.15) is 5.69 Å². The number of halogens is 1. The Morgan fingerprint density at radius 3 is 2.63 bits per heavy atom. The van der Waals surface area contributed by atoms with Gasteiger partial charge in [-0.25, -0.2) is 14.4 Å². The van der Waals surface area contributed by atoms with E-state index in [0.717, 1.165) is 22.2 Å². The number of hydrogen-bond donors (Lipinski definition) is 3. The van der Waals surface area contributed by atoms with E-state index in [-0.39, 0.29) is 30.2 Å². The minimum atomic E-state index is -0.670. The molecule has 38 heavy (non-hydrogen) atoms. The zero-order chi connectivity index (χ0) is 26.8. The van der Waals surface area contributed by atoms with E-state index in [1.54, 1.807) is 0 Å². The Labute approximate surface area is 222 Å². The van der Waals surface area contributed by atoms with Gasteiger partial charge in [0.25, 0.3) is 0 Å². The third-order valence-electron chi connectivity index (χ3n) is 7.16. The van der Waals surface area contributed by atoms with Crippen LogP contribution in [0.15, 0.2) is 48.8 Å². The van der Waals surface area contributed by atoms with Crippen LogP contribution in [0.2, 0.25) is 0 Å². The highest BCUT2D eigenvalue weighted by Crippen LogP contribution is 2.33. The third kappa shape index (κ3) is 5.33. The van der Waals surface area contributed by atoms with E-state index < -0.39 is 11.9 Å². The first-order chi connectivity index (χ1) is 18.3. The summed E-state index contributed by atoms with van der Waals surface area (Å²) in [6.45, 7) is 9.96. The van der Waals surface area contributed by atoms with Crippen molar-refractivity contribution in [1.82, 2.24) is 15.0 Å². The summed E-state index contributed by atoms with van der Waals surface area (Å²) in [4.78, 5) is 13.3. The largest absolute Gasteiger partial charge is 0.389 e. The monoisotopic (exact) mass is 515 g/mol. The van der Waals surface area contributed by atoms with Gasteiger partial charge in [-0.05, 0) is 60.6 Å². The van der Waals surface area contributed by atoms with Gasteiger partial charge in [-0.1, -0.05) is 38.1 Å². The number of nitrogens with zero attached hydrogens (tertiary/aromatic N) is 3. The molecule has 7 nitrogen and oxygen atoms in total. The van der Waals surface area contributed by atoms with Gasteiger partial charge >= 0.3 is 0 Å². The van der Waals surface area contributed by atoms with E-state index in [0.29, 0.717) is 25.1 Å². The Kier molecular flexibility index (Phi) is 7.53. The lowest BCUT2D eigenvalue weighted by Crippen LogP contribution is -2.42. The molecule has 0 unspecified atom stereocenters. The molecule has 0 saturated carbocycles. The number of para-hydroxylation sites is 1. The van der Waals surface area contributed by atoms with Crippen molar-refractivity contribution in [1.29, 1.82) is 0 Å². The molecule has 3 N–H and O–H groups in total. The number of benzene rings is 2. The predicted octanol–water partition coefficient (Wildman–Crippen LogP) is 5.74. The molecule has 4 aromatic rings. The van der Waals surface area contributed by atoms with Crippen LogP contribution in [0.3, 0.4) is 0 Å². The van der Waals surface area contributed by atoms with Crippen molar-refractivity contribution in [3.05, 3.63) is 76.9 Å². The summed E-state index contributed by atoms with van der Waals surface area (Å²) in [5.74, 6) is 0.00327. The molecule has 2 aromatic carbocycles. The molecule has 2 aromatic heterocycles. The van der Waals surface area contributed by atoms with Crippen LogP contribution in [0.1, 0.15) is 48.4 Å². The Balaban J connectivity index is 1.50. The Bertz CT molecular complexity index is 1440. The van der Waals surface area contributed by atoms with Crippen molar-refractivity contribution in [2.24, 2.45) is 0 Å². The summed E-state index contributed by atoms with van der Waals surface area (Å²) in [7, 11) is 0. The summed E-state index contributed by atoms with van der Waals surface area (Å²) < 4.78 is 20.3. The molecule has 1 aliphatic heterocycles. The van der Waals surface area contributed by atoms with E-state index in [1.165, 1.54) is 22.9 Å². The molecule has 3 heterocycles. The predicted molar refractivity (Wildman–Crippen MR) is 149 cm³/mol. The highest BCUT2D eigenvalue weighted by molar-refractivity contribution is 5.88. The maximum atomic E-state index is 15.0. The molecule has 0 radical (unpaired) electrons. The summed E-state index contributed by atoms with van der Waals surface area (Å²) in [6, 6.07) is 11.7. The second kappa shape index (κ2) is 11.0. The van der Waals surface area contributed by atoms with Crippen molar-refractivity contribution < 1.29 is 14.2 Å². The normalized spacial score (nSPS) is 17.7. The standard InChI is InChI=1S/C30H34FN5O2/c1-17(2)27-21(14-33-28-18(3)6-5-7-19(28)4)13-32-24-9-8-20(12-22(24)27)29-23(31)15-34-30(36-29)35-25-10-11-38-16-26(25)37/h5-9,12-13,15,17,25-26,33,37H,10-11,14,16H2,1-4H3,(H,34,35,36)/t25-,26-/m1/s1. The van der Waals surface area contributed by atoms with Gasteiger partial charge in [0.15, 0.2) is 5.82 Å². The van der Waals surface area contributed by atoms with Crippen LogP contribution in [0.25, 0.3) is 22.2 Å². The van der Waals surface area contributed by atoms with E-state index in [4.69, 9.17) is 9.72 Å². The molecule has 1 fully saturated rings. The molecular formula is C30H34FN5O2. The molecule has 8 heteroatoms.